The molecule has 0 radical (unpaired) electrons. The van der Waals surface area contributed by atoms with E-state index >= 15 is 0 Å². The molecule has 0 aromatic carbocycles. The molecule has 84 valence electrons. The second kappa shape index (κ2) is 4.42. The Morgan fingerprint density at radius 3 is 2.53 bits per heavy atom. The molecule has 0 fully saturated rings. The van der Waals surface area contributed by atoms with E-state index in [9.17, 15) is 10.1 Å². The number of nitro groups is 1. The zero-order chi connectivity index (χ0) is 11.6. The number of hydrogen-bond acceptors (Lipinski definition) is 3. The molecule has 0 saturated carbocycles. The van der Waals surface area contributed by atoms with Crippen molar-refractivity contribution < 1.29 is 4.92 Å². The van der Waals surface area contributed by atoms with Crippen molar-refractivity contribution in [3.05, 3.63) is 22.0 Å². The van der Waals surface area contributed by atoms with Crippen LogP contribution in [0.5, 0.6) is 0 Å². The summed E-state index contributed by atoms with van der Waals surface area (Å²) in [5, 5.41) is 10.7. The van der Waals surface area contributed by atoms with Crippen molar-refractivity contribution >= 4 is 5.95 Å². The van der Waals surface area contributed by atoms with E-state index in [1.165, 1.54) is 0 Å². The first-order valence-corrected chi connectivity index (χ1v) is 5.18. The fourth-order valence-electron chi connectivity index (χ4n) is 1.55. The van der Waals surface area contributed by atoms with Crippen molar-refractivity contribution in [1.29, 1.82) is 0 Å². The Morgan fingerprint density at radius 1 is 1.53 bits per heavy atom. The Labute approximate surface area is 89.3 Å². The Bertz CT molecular complexity index is 358. The Hall–Kier alpha value is -1.39. The van der Waals surface area contributed by atoms with E-state index < -0.39 is 4.92 Å². The maximum atomic E-state index is 10.7. The molecule has 0 amide bonds. The highest BCUT2D eigenvalue weighted by atomic mass is 16.6. The highest BCUT2D eigenvalue weighted by molar-refractivity contribution is 5.18. The number of nitrogens with zero attached hydrogens (tertiary/aromatic N) is 3. The van der Waals surface area contributed by atoms with Gasteiger partial charge in [-0.1, -0.05) is 25.8 Å². The van der Waals surface area contributed by atoms with Crippen molar-refractivity contribution in [2.75, 3.05) is 0 Å². The van der Waals surface area contributed by atoms with Crippen LogP contribution in [0.25, 0.3) is 0 Å². The minimum atomic E-state index is -0.431. The van der Waals surface area contributed by atoms with E-state index in [-0.39, 0.29) is 11.9 Å². The molecule has 1 aromatic rings. The second-order valence-electron chi connectivity index (χ2n) is 4.02. The van der Waals surface area contributed by atoms with Gasteiger partial charge in [-0.25, -0.2) is 4.57 Å². The van der Waals surface area contributed by atoms with E-state index in [4.69, 9.17) is 0 Å². The normalized spacial score (nSPS) is 13.1. The van der Waals surface area contributed by atoms with Crippen molar-refractivity contribution in [1.82, 2.24) is 9.55 Å². The lowest BCUT2D eigenvalue weighted by atomic mass is 9.95. The van der Waals surface area contributed by atoms with Crippen molar-refractivity contribution in [3.8, 4) is 0 Å². The summed E-state index contributed by atoms with van der Waals surface area (Å²) >= 11 is 0. The fraction of sp³-hybridized carbons (Fsp3) is 0.700. The van der Waals surface area contributed by atoms with Gasteiger partial charge in [0.15, 0.2) is 0 Å². The van der Waals surface area contributed by atoms with Crippen LogP contribution in [0.4, 0.5) is 5.95 Å². The van der Waals surface area contributed by atoms with Crippen LogP contribution < -0.4 is 0 Å². The summed E-state index contributed by atoms with van der Waals surface area (Å²) in [4.78, 5) is 14.1. The summed E-state index contributed by atoms with van der Waals surface area (Å²) in [6, 6.07) is 0. The van der Waals surface area contributed by atoms with E-state index in [2.05, 4.69) is 25.8 Å². The molecular formula is C10H17N3O2. The van der Waals surface area contributed by atoms with Crippen LogP contribution in [0.3, 0.4) is 0 Å². The van der Waals surface area contributed by atoms with Crippen molar-refractivity contribution in [2.45, 2.75) is 40.2 Å². The molecule has 0 aliphatic rings. The molecule has 0 aliphatic carbocycles. The summed E-state index contributed by atoms with van der Waals surface area (Å²) in [6.07, 6.45) is 1.62. The smallest absolute Gasteiger partial charge is 0.390 e. The maximum absolute atomic E-state index is 10.7. The van der Waals surface area contributed by atoms with Crippen molar-refractivity contribution in [3.63, 3.8) is 0 Å². The largest absolute Gasteiger partial charge is 0.434 e. The lowest BCUT2D eigenvalue weighted by Crippen LogP contribution is -2.11. The molecule has 1 atom stereocenters. The molecule has 5 heteroatoms. The third-order valence-corrected chi connectivity index (χ3v) is 2.81. The Morgan fingerprint density at radius 2 is 2.13 bits per heavy atom. The van der Waals surface area contributed by atoms with Crippen LogP contribution in [-0.2, 0) is 6.54 Å². The summed E-state index contributed by atoms with van der Waals surface area (Å²) in [5.74, 6) is 0.678. The number of rotatable bonds is 4. The Kier molecular flexibility index (Phi) is 3.44. The van der Waals surface area contributed by atoms with Crippen LogP contribution in [0.2, 0.25) is 0 Å². The van der Waals surface area contributed by atoms with Gasteiger partial charge in [0.2, 0.25) is 0 Å². The second-order valence-corrected chi connectivity index (χ2v) is 4.02. The number of hydrogen-bond donors (Lipinski definition) is 0. The maximum Gasteiger partial charge on any atom is 0.434 e. The lowest BCUT2D eigenvalue weighted by molar-refractivity contribution is -0.396. The minimum absolute atomic E-state index is 0.0556. The number of imidazole rings is 1. The third-order valence-electron chi connectivity index (χ3n) is 2.81. The molecule has 1 heterocycles. The van der Waals surface area contributed by atoms with Gasteiger partial charge in [-0.15, -0.1) is 0 Å². The molecule has 1 rings (SSSR count). The van der Waals surface area contributed by atoms with E-state index in [1.807, 2.05) is 6.92 Å². The van der Waals surface area contributed by atoms with Gasteiger partial charge >= 0.3 is 5.95 Å². The molecule has 15 heavy (non-hydrogen) atoms. The van der Waals surface area contributed by atoms with Crippen LogP contribution in [0.15, 0.2) is 6.20 Å². The third kappa shape index (κ3) is 2.16. The van der Waals surface area contributed by atoms with E-state index in [0.29, 0.717) is 12.5 Å². The van der Waals surface area contributed by atoms with Crippen LogP contribution in [0, 0.1) is 16.0 Å². The molecule has 0 N–H and O–H groups in total. The number of aromatic nitrogens is 2. The van der Waals surface area contributed by atoms with Crippen LogP contribution >= 0.6 is 0 Å². The van der Waals surface area contributed by atoms with Gasteiger partial charge in [0, 0.05) is 5.92 Å². The SMILES string of the molecule is CCn1c(C(C)C(C)C)cnc1[N+](=O)[O-]. The summed E-state index contributed by atoms with van der Waals surface area (Å²) in [6.45, 7) is 8.75. The average Bonchev–Trinajstić information content (AvgIpc) is 2.59. The molecule has 0 spiro atoms. The fourth-order valence-corrected chi connectivity index (χ4v) is 1.55. The van der Waals surface area contributed by atoms with Gasteiger partial charge in [0.05, 0.1) is 6.54 Å². The minimum Gasteiger partial charge on any atom is -0.390 e. The zero-order valence-electron chi connectivity index (χ0n) is 9.60. The molecule has 0 saturated heterocycles. The van der Waals surface area contributed by atoms with Gasteiger partial charge in [-0.2, -0.15) is 0 Å². The molecule has 1 aromatic heterocycles. The first-order chi connectivity index (χ1) is 6.99. The van der Waals surface area contributed by atoms with E-state index in [1.54, 1.807) is 10.8 Å². The summed E-state index contributed by atoms with van der Waals surface area (Å²) < 4.78 is 1.67. The monoisotopic (exact) mass is 211 g/mol. The molecule has 0 aliphatic heterocycles. The first kappa shape index (κ1) is 11.7. The van der Waals surface area contributed by atoms with Crippen LogP contribution in [-0.4, -0.2) is 14.5 Å². The highest BCUT2D eigenvalue weighted by Crippen LogP contribution is 2.26. The Balaban J connectivity index is 3.14. The van der Waals surface area contributed by atoms with Gasteiger partial charge in [-0.3, -0.25) is 0 Å². The zero-order valence-corrected chi connectivity index (χ0v) is 9.60. The standard InChI is InChI=1S/C10H17N3O2/c1-5-12-9(8(4)7(2)3)6-11-10(12)13(14)15/h6-8H,5H2,1-4H3. The quantitative estimate of drug-likeness (QED) is 0.568. The predicted octanol–water partition coefficient (Wildman–Crippen LogP) is 2.57. The van der Waals surface area contributed by atoms with Crippen LogP contribution in [0.1, 0.15) is 39.3 Å². The van der Waals surface area contributed by atoms with E-state index in [0.717, 1.165) is 5.69 Å². The summed E-state index contributed by atoms with van der Waals surface area (Å²) in [7, 11) is 0. The van der Waals surface area contributed by atoms with Crippen molar-refractivity contribution in [2.24, 2.45) is 5.92 Å². The molecular weight excluding hydrogens is 194 g/mol. The topological polar surface area (TPSA) is 61.0 Å². The van der Waals surface area contributed by atoms with Gasteiger partial charge in [0.25, 0.3) is 0 Å². The van der Waals surface area contributed by atoms with Gasteiger partial charge < -0.3 is 10.1 Å². The summed E-state index contributed by atoms with van der Waals surface area (Å²) in [5.41, 5.74) is 0.944. The molecule has 0 bridgehead atoms. The van der Waals surface area contributed by atoms with Gasteiger partial charge in [-0.05, 0) is 17.8 Å². The molecule has 5 nitrogen and oxygen atoms in total. The average molecular weight is 211 g/mol. The molecule has 1 unspecified atom stereocenters. The first-order valence-electron chi connectivity index (χ1n) is 5.18. The highest BCUT2D eigenvalue weighted by Gasteiger charge is 2.24. The van der Waals surface area contributed by atoms with Gasteiger partial charge in [0.1, 0.15) is 11.9 Å². The predicted molar refractivity (Wildman–Crippen MR) is 57.8 cm³/mol. The lowest BCUT2D eigenvalue weighted by Gasteiger charge is -2.14.